The van der Waals surface area contributed by atoms with Gasteiger partial charge in [-0.05, 0) is 31.0 Å². The van der Waals surface area contributed by atoms with Gasteiger partial charge in [0.15, 0.2) is 6.54 Å². The zero-order valence-corrected chi connectivity index (χ0v) is 17.1. The first-order chi connectivity index (χ1) is 14.3. The first kappa shape index (κ1) is 22.2. The smallest absolute Gasteiger partial charge is 0.213 e. The normalized spacial score (nSPS) is 17.0. The quantitative estimate of drug-likeness (QED) is 0.478. The maximum atomic E-state index is 8.49. The molecule has 2 aromatic carbocycles. The minimum Gasteiger partial charge on any atom is -0.497 e. The fourth-order valence-electron chi connectivity index (χ4n) is 3.21. The van der Waals surface area contributed by atoms with Crippen molar-refractivity contribution in [2.24, 2.45) is 0 Å². The lowest BCUT2D eigenvalue weighted by molar-refractivity contribution is -2.00. The van der Waals surface area contributed by atoms with E-state index < -0.39 is 10.2 Å². The maximum Gasteiger partial charge on any atom is 0.213 e. The van der Waals surface area contributed by atoms with Gasteiger partial charge in [-0.3, -0.25) is 0 Å². The molecule has 4 rings (SSSR count). The van der Waals surface area contributed by atoms with Gasteiger partial charge in [0.2, 0.25) is 5.36 Å². The monoisotopic (exact) mass is 435 g/mol. The Morgan fingerprint density at radius 1 is 1.07 bits per heavy atom. The highest BCUT2D eigenvalue weighted by molar-refractivity contribution is 5.79. The molecule has 1 atom stereocenters. The van der Waals surface area contributed by atoms with Gasteiger partial charge in [0, 0.05) is 12.2 Å². The zero-order valence-electron chi connectivity index (χ0n) is 16.3. The lowest BCUT2D eigenvalue weighted by Gasteiger charge is -2.17. The number of hydrogen-bond acceptors (Lipinski definition) is 7. The summed E-state index contributed by atoms with van der Waals surface area (Å²) in [5, 5.41) is 2.05. The van der Waals surface area contributed by atoms with Gasteiger partial charge in [0.25, 0.3) is 0 Å². The Hall–Kier alpha value is -2.46. The van der Waals surface area contributed by atoms with E-state index in [1.165, 1.54) is 0 Å². The third-order valence-corrected chi connectivity index (χ3v) is 4.57. The van der Waals surface area contributed by atoms with E-state index in [4.69, 9.17) is 32.5 Å². The van der Waals surface area contributed by atoms with E-state index in [0.717, 1.165) is 59.4 Å². The van der Waals surface area contributed by atoms with E-state index in [2.05, 4.69) is 23.2 Å². The van der Waals surface area contributed by atoms with Crippen molar-refractivity contribution in [3.63, 3.8) is 0 Å². The highest BCUT2D eigenvalue weighted by Crippen LogP contribution is 2.24. The highest BCUT2D eigenvalue weighted by atomic mass is 35.7. The molecule has 8 nitrogen and oxygen atoms in total. The third kappa shape index (κ3) is 6.53. The van der Waals surface area contributed by atoms with Crippen LogP contribution in [0.5, 0.6) is 5.75 Å². The molecule has 0 radical (unpaired) electrons. The maximum absolute atomic E-state index is 8.49. The van der Waals surface area contributed by atoms with Crippen molar-refractivity contribution >= 4 is 11.0 Å². The SMILES string of the molecule is COc1ccc2oc(-c3ccccc3)cc(=[NH+]CC3CCCO3)c2c1.[O-][Cl+3]([O-])([O-])[O-]. The van der Waals surface area contributed by atoms with E-state index >= 15 is 0 Å². The topological polar surface area (TPSA) is 138 Å². The molecule has 9 heteroatoms. The molecule has 1 N–H and O–H groups in total. The van der Waals surface area contributed by atoms with E-state index in [9.17, 15) is 0 Å². The molecule has 30 heavy (non-hydrogen) atoms. The van der Waals surface area contributed by atoms with Crippen LogP contribution in [-0.2, 0) is 4.74 Å². The Bertz CT molecular complexity index is 1020. The van der Waals surface area contributed by atoms with Gasteiger partial charge in [-0.1, -0.05) is 30.3 Å². The lowest BCUT2D eigenvalue weighted by Crippen LogP contribution is -2.79. The molecular weight excluding hydrogens is 414 g/mol. The summed E-state index contributed by atoms with van der Waals surface area (Å²) < 4.78 is 51.2. The number of rotatable bonds is 4. The molecule has 0 aliphatic carbocycles. The first-order valence-electron chi connectivity index (χ1n) is 9.31. The Labute approximate surface area is 175 Å². The summed E-state index contributed by atoms with van der Waals surface area (Å²) in [6.45, 7) is 1.66. The van der Waals surface area contributed by atoms with E-state index in [0.29, 0.717) is 0 Å². The van der Waals surface area contributed by atoms with Crippen molar-refractivity contribution in [3.05, 3.63) is 60.0 Å². The van der Waals surface area contributed by atoms with Crippen molar-refractivity contribution in [1.82, 2.24) is 0 Å². The predicted molar refractivity (Wildman–Crippen MR) is 96.1 cm³/mol. The number of benzene rings is 2. The van der Waals surface area contributed by atoms with Gasteiger partial charge >= 0.3 is 0 Å². The molecule has 3 aromatic rings. The Morgan fingerprint density at radius 3 is 2.43 bits per heavy atom. The average Bonchev–Trinajstić information content (AvgIpc) is 3.24. The van der Waals surface area contributed by atoms with Crippen LogP contribution in [0.25, 0.3) is 22.3 Å². The van der Waals surface area contributed by atoms with Gasteiger partial charge in [-0.25, -0.2) is 23.6 Å². The standard InChI is InChI=1S/C21H21NO3.ClHO4/c1-23-16-9-10-20-18(12-16)19(22-14-17-8-5-11-24-17)13-21(25-20)15-6-3-2-4-7-15;2-1(3,4)5/h2-4,6-7,9-10,12-13,17H,5,8,11,14H2,1H3;(H,2,3,4,5). The van der Waals surface area contributed by atoms with Crippen molar-refractivity contribution in [1.29, 1.82) is 0 Å². The van der Waals surface area contributed by atoms with Crippen molar-refractivity contribution in [3.8, 4) is 17.1 Å². The van der Waals surface area contributed by atoms with Gasteiger partial charge in [-0.15, -0.1) is 10.2 Å². The number of ether oxygens (including phenoxy) is 2. The van der Waals surface area contributed by atoms with Crippen LogP contribution < -0.4 is 33.7 Å². The Kier molecular flexibility index (Phi) is 7.43. The van der Waals surface area contributed by atoms with Gasteiger partial charge in [0.05, 0.1) is 18.6 Å². The van der Waals surface area contributed by atoms with Gasteiger partial charge in [-0.2, -0.15) is 0 Å². The highest BCUT2D eigenvalue weighted by Gasteiger charge is 2.18. The number of hydrogen-bond donors (Lipinski definition) is 1. The lowest BCUT2D eigenvalue weighted by atomic mass is 10.1. The summed E-state index contributed by atoms with van der Waals surface area (Å²) in [7, 11) is -3.27. The summed E-state index contributed by atoms with van der Waals surface area (Å²) in [4.78, 5) is 3.55. The van der Waals surface area contributed by atoms with Crippen molar-refractivity contribution < 1.29 is 47.8 Å². The van der Waals surface area contributed by atoms with Crippen molar-refractivity contribution in [2.45, 2.75) is 18.9 Å². The third-order valence-electron chi connectivity index (χ3n) is 4.57. The van der Waals surface area contributed by atoms with E-state index in [1.807, 2.05) is 36.4 Å². The van der Waals surface area contributed by atoms with Crippen LogP contribution in [0.4, 0.5) is 0 Å². The zero-order chi connectivity index (χ0) is 21.6. The number of halogens is 1. The summed E-state index contributed by atoms with van der Waals surface area (Å²) in [6, 6.07) is 18.1. The van der Waals surface area contributed by atoms with Crippen LogP contribution in [0, 0.1) is 10.2 Å². The van der Waals surface area contributed by atoms with Gasteiger partial charge in [0.1, 0.15) is 23.2 Å². The largest absolute Gasteiger partial charge is 0.497 e. The molecule has 0 amide bonds. The fraction of sp³-hybridized carbons (Fsp3) is 0.286. The average molecular weight is 436 g/mol. The molecule has 2 heterocycles. The molecule has 0 spiro atoms. The molecule has 1 saturated heterocycles. The van der Waals surface area contributed by atoms with Crippen LogP contribution in [0.1, 0.15) is 12.8 Å². The summed E-state index contributed by atoms with van der Waals surface area (Å²) in [6.07, 6.45) is 2.52. The number of nitrogens with one attached hydrogen (secondary N) is 1. The molecule has 1 unspecified atom stereocenters. The summed E-state index contributed by atoms with van der Waals surface area (Å²) in [5.74, 6) is 1.66. The molecule has 1 aromatic heterocycles. The van der Waals surface area contributed by atoms with E-state index in [1.54, 1.807) is 7.11 Å². The van der Waals surface area contributed by atoms with Crippen LogP contribution in [0.2, 0.25) is 0 Å². The Balaban J connectivity index is 0.000000461. The fourth-order valence-corrected chi connectivity index (χ4v) is 3.21. The summed E-state index contributed by atoms with van der Waals surface area (Å²) in [5.41, 5.74) is 1.89. The predicted octanol–water partition coefficient (Wildman–Crippen LogP) is -2.49. The van der Waals surface area contributed by atoms with Crippen molar-refractivity contribution in [2.75, 3.05) is 20.3 Å². The van der Waals surface area contributed by atoms with Crippen LogP contribution >= 0.6 is 0 Å². The number of fused-ring (bicyclic) bond motifs is 1. The molecular formula is C21H22ClNO7. The minimum absolute atomic E-state index is 0.276. The van der Waals surface area contributed by atoms with Gasteiger partial charge < -0.3 is 13.9 Å². The molecule has 0 saturated carbocycles. The minimum atomic E-state index is -4.94. The molecule has 160 valence electrons. The molecule has 1 aliphatic heterocycles. The van der Waals surface area contributed by atoms with Crippen LogP contribution in [-0.4, -0.2) is 26.4 Å². The second-order valence-corrected chi connectivity index (χ2v) is 7.40. The summed E-state index contributed by atoms with van der Waals surface area (Å²) >= 11 is 0. The first-order valence-corrected chi connectivity index (χ1v) is 10.5. The second kappa shape index (κ2) is 10.0. The molecule has 0 bridgehead atoms. The number of methoxy groups -OCH3 is 1. The molecule has 1 fully saturated rings. The van der Waals surface area contributed by atoms with Crippen LogP contribution in [0.3, 0.4) is 0 Å². The Morgan fingerprint density at radius 2 is 1.80 bits per heavy atom. The second-order valence-electron chi connectivity index (χ2n) is 6.65. The van der Waals surface area contributed by atoms with Crippen LogP contribution in [0.15, 0.2) is 59.0 Å². The van der Waals surface area contributed by atoms with E-state index in [-0.39, 0.29) is 6.10 Å². The molecule has 1 aliphatic rings.